The third kappa shape index (κ3) is 9.58. The summed E-state index contributed by atoms with van der Waals surface area (Å²) in [7, 11) is -3.59. The van der Waals surface area contributed by atoms with Gasteiger partial charge in [-0.25, -0.2) is 4.79 Å². The van der Waals surface area contributed by atoms with Gasteiger partial charge < -0.3 is 13.3 Å². The lowest BCUT2D eigenvalue weighted by Crippen LogP contribution is -2.45. The Kier molecular flexibility index (Phi) is 7.05. The lowest BCUT2D eigenvalue weighted by molar-refractivity contribution is -0.139. The molecular weight excluding hydrogens is 264 g/mol. The maximum Gasteiger partial charge on any atom is 0.333 e. The Morgan fingerprint density at radius 2 is 1.67 bits per heavy atom. The fourth-order valence-corrected chi connectivity index (χ4v) is 8.20. The zero-order chi connectivity index (χ0) is 14.4. The van der Waals surface area contributed by atoms with Crippen molar-refractivity contribution in [2.24, 2.45) is 0 Å². The summed E-state index contributed by atoms with van der Waals surface area (Å²) in [5, 5.41) is 0. The zero-order valence-corrected chi connectivity index (χ0v) is 14.5. The summed E-state index contributed by atoms with van der Waals surface area (Å²) in [4.78, 5) is 11.1. The van der Waals surface area contributed by atoms with Crippen LogP contribution in [0.1, 0.15) is 13.3 Å². The lowest BCUT2D eigenvalue weighted by atomic mass is 10.4. The average molecular weight is 291 g/mol. The zero-order valence-electron chi connectivity index (χ0n) is 12.5. The number of ether oxygens (including phenoxy) is 1. The fraction of sp³-hybridized carbons (Fsp3) is 0.750. The van der Waals surface area contributed by atoms with Crippen molar-refractivity contribution in [1.82, 2.24) is 0 Å². The highest BCUT2D eigenvalue weighted by atomic mass is 28.4. The molecule has 0 fully saturated rings. The topological polar surface area (TPSA) is 44.8 Å². The third-order valence-electron chi connectivity index (χ3n) is 1.87. The minimum absolute atomic E-state index is 0.343. The first kappa shape index (κ1) is 17.6. The Balaban J connectivity index is 3.78. The van der Waals surface area contributed by atoms with Crippen molar-refractivity contribution in [3.63, 3.8) is 0 Å². The molecule has 0 saturated carbocycles. The Morgan fingerprint density at radius 3 is 2.11 bits per heavy atom. The van der Waals surface area contributed by atoms with Crippen LogP contribution in [0.15, 0.2) is 12.2 Å². The first-order chi connectivity index (χ1) is 8.03. The van der Waals surface area contributed by atoms with Crippen LogP contribution in [0, 0.1) is 0 Å². The second-order valence-corrected chi connectivity index (χ2v) is 13.9. The number of hydrogen-bond donors (Lipinski definition) is 0. The molecule has 0 aromatic carbocycles. The van der Waals surface area contributed by atoms with E-state index in [0.717, 1.165) is 0 Å². The molecule has 0 atom stereocenters. The number of hydrogen-bond acceptors (Lipinski definition) is 4. The first-order valence-corrected chi connectivity index (χ1v) is 12.4. The van der Waals surface area contributed by atoms with Crippen LogP contribution in [0.4, 0.5) is 0 Å². The van der Waals surface area contributed by atoms with Gasteiger partial charge in [0, 0.05) is 18.6 Å². The molecule has 0 aromatic heterocycles. The molecule has 0 spiro atoms. The summed E-state index contributed by atoms with van der Waals surface area (Å²) in [5.41, 5.74) is 0.424. The largest absolute Gasteiger partial charge is 0.462 e. The smallest absolute Gasteiger partial charge is 0.333 e. The van der Waals surface area contributed by atoms with Crippen molar-refractivity contribution >= 4 is 22.8 Å². The summed E-state index contributed by atoms with van der Waals surface area (Å²) < 4.78 is 16.8. The number of esters is 1. The molecular formula is C12H26O4Si2. The van der Waals surface area contributed by atoms with Crippen molar-refractivity contribution in [3.8, 4) is 0 Å². The quantitative estimate of drug-likeness (QED) is 0.298. The second kappa shape index (κ2) is 7.23. The highest BCUT2D eigenvalue weighted by Gasteiger charge is 2.31. The summed E-state index contributed by atoms with van der Waals surface area (Å²) in [6.45, 7) is 16.6. The van der Waals surface area contributed by atoms with Gasteiger partial charge in [-0.1, -0.05) is 6.58 Å². The summed E-state index contributed by atoms with van der Waals surface area (Å²) in [6, 6.07) is 0. The van der Waals surface area contributed by atoms with E-state index >= 15 is 0 Å². The molecule has 0 radical (unpaired) electrons. The van der Waals surface area contributed by atoms with E-state index in [1.807, 2.05) is 13.1 Å². The summed E-state index contributed by atoms with van der Waals surface area (Å²) in [5.74, 6) is -0.343. The molecule has 18 heavy (non-hydrogen) atoms. The van der Waals surface area contributed by atoms with Crippen molar-refractivity contribution in [2.45, 2.75) is 46.1 Å². The van der Waals surface area contributed by atoms with E-state index in [-0.39, 0.29) is 5.97 Å². The highest BCUT2D eigenvalue weighted by Crippen LogP contribution is 2.15. The number of rotatable bonds is 8. The Labute approximate surface area is 113 Å². The number of carbonyl (C=O) groups excluding carboxylic acids is 1. The molecule has 0 bridgehead atoms. The van der Waals surface area contributed by atoms with E-state index in [1.165, 1.54) is 0 Å². The average Bonchev–Trinajstić information content (AvgIpc) is 2.12. The van der Waals surface area contributed by atoms with Gasteiger partial charge in [0.15, 0.2) is 8.32 Å². The molecule has 0 heterocycles. The summed E-state index contributed by atoms with van der Waals surface area (Å²) in [6.07, 6.45) is 0.685. The number of carbonyl (C=O) groups is 1. The van der Waals surface area contributed by atoms with Gasteiger partial charge >= 0.3 is 14.5 Å². The van der Waals surface area contributed by atoms with Gasteiger partial charge in [-0.3, -0.25) is 0 Å². The minimum atomic E-state index is -2.03. The van der Waals surface area contributed by atoms with Gasteiger partial charge in [0.1, 0.15) is 0 Å². The standard InChI is InChI=1S/C12H26O4Si2/c1-11(2)12(13)14-9-8-10-15-18(6,7)16-17(3,4)5/h1,8-10H2,2-7H3. The van der Waals surface area contributed by atoms with Gasteiger partial charge in [-0.2, -0.15) is 0 Å². The van der Waals surface area contributed by atoms with E-state index in [1.54, 1.807) is 6.92 Å². The normalized spacial score (nSPS) is 12.3. The van der Waals surface area contributed by atoms with Crippen molar-refractivity contribution in [3.05, 3.63) is 12.2 Å². The molecule has 0 amide bonds. The Hall–Kier alpha value is -0.436. The van der Waals surface area contributed by atoms with Gasteiger partial charge in [-0.05, 0) is 39.7 Å². The maximum atomic E-state index is 11.1. The molecule has 4 nitrogen and oxygen atoms in total. The molecule has 0 rings (SSSR count). The predicted octanol–water partition coefficient (Wildman–Crippen LogP) is 3.07. The maximum absolute atomic E-state index is 11.1. The van der Waals surface area contributed by atoms with Crippen LogP contribution in [0.2, 0.25) is 32.7 Å². The van der Waals surface area contributed by atoms with Crippen LogP contribution >= 0.6 is 0 Å². The van der Waals surface area contributed by atoms with Crippen LogP contribution in [-0.4, -0.2) is 36.1 Å². The van der Waals surface area contributed by atoms with Crippen LogP contribution < -0.4 is 0 Å². The fourth-order valence-electron chi connectivity index (χ4n) is 1.43. The minimum Gasteiger partial charge on any atom is -0.462 e. The van der Waals surface area contributed by atoms with Gasteiger partial charge in [0.25, 0.3) is 0 Å². The van der Waals surface area contributed by atoms with Crippen LogP contribution in [0.5, 0.6) is 0 Å². The van der Waals surface area contributed by atoms with E-state index in [2.05, 4.69) is 26.2 Å². The van der Waals surface area contributed by atoms with E-state index < -0.39 is 16.9 Å². The highest BCUT2D eigenvalue weighted by molar-refractivity contribution is 6.81. The van der Waals surface area contributed by atoms with Gasteiger partial charge in [0.2, 0.25) is 0 Å². The Morgan fingerprint density at radius 1 is 1.11 bits per heavy atom. The van der Waals surface area contributed by atoms with Gasteiger partial charge in [0.05, 0.1) is 6.61 Å². The molecule has 106 valence electrons. The lowest BCUT2D eigenvalue weighted by Gasteiger charge is -2.30. The first-order valence-electron chi connectivity index (χ1n) is 6.20. The van der Waals surface area contributed by atoms with Crippen molar-refractivity contribution in [2.75, 3.05) is 13.2 Å². The van der Waals surface area contributed by atoms with Crippen molar-refractivity contribution in [1.29, 1.82) is 0 Å². The van der Waals surface area contributed by atoms with Crippen LogP contribution in [0.3, 0.4) is 0 Å². The van der Waals surface area contributed by atoms with E-state index in [4.69, 9.17) is 13.3 Å². The SMILES string of the molecule is C=C(C)C(=O)OCCCO[Si](C)(C)O[Si](C)(C)C. The summed E-state index contributed by atoms with van der Waals surface area (Å²) >= 11 is 0. The van der Waals surface area contributed by atoms with Crippen LogP contribution in [-0.2, 0) is 18.1 Å². The van der Waals surface area contributed by atoms with Crippen LogP contribution in [0.25, 0.3) is 0 Å². The molecule has 0 aliphatic rings. The molecule has 0 aromatic rings. The van der Waals surface area contributed by atoms with Gasteiger partial charge in [-0.15, -0.1) is 0 Å². The monoisotopic (exact) mass is 290 g/mol. The second-order valence-electron chi connectivity index (χ2n) is 5.73. The van der Waals surface area contributed by atoms with E-state index in [9.17, 15) is 4.79 Å². The molecule has 0 aliphatic heterocycles. The third-order valence-corrected chi connectivity index (χ3v) is 7.19. The molecule has 0 unspecified atom stereocenters. The Bertz CT molecular complexity index is 295. The molecule has 6 heteroatoms. The molecule has 0 N–H and O–H groups in total. The molecule has 0 saturated heterocycles. The predicted molar refractivity (Wildman–Crippen MR) is 78.3 cm³/mol. The van der Waals surface area contributed by atoms with E-state index in [0.29, 0.717) is 25.2 Å². The van der Waals surface area contributed by atoms with Crippen molar-refractivity contribution < 1.29 is 18.1 Å². The molecule has 0 aliphatic carbocycles.